The van der Waals surface area contributed by atoms with Crippen LogP contribution in [0.4, 0.5) is 0 Å². The van der Waals surface area contributed by atoms with Crippen LogP contribution >= 0.6 is 11.5 Å². The van der Waals surface area contributed by atoms with Gasteiger partial charge in [-0.15, -0.1) is 10.2 Å². The van der Waals surface area contributed by atoms with Gasteiger partial charge in [-0.25, -0.2) is 4.68 Å². The highest BCUT2D eigenvalue weighted by atomic mass is 32.1. The van der Waals surface area contributed by atoms with Crippen molar-refractivity contribution in [3.8, 4) is 11.5 Å². The molecule has 1 unspecified atom stereocenters. The zero-order valence-electron chi connectivity index (χ0n) is 11.5. The lowest BCUT2D eigenvalue weighted by atomic mass is 9.87. The molecule has 2 aromatic heterocycles. The number of hydrogen-bond donors (Lipinski definition) is 1. The van der Waals surface area contributed by atoms with Crippen molar-refractivity contribution >= 4 is 17.5 Å². The molecule has 0 aliphatic rings. The maximum Gasteiger partial charge on any atom is 0.305 e. The van der Waals surface area contributed by atoms with Gasteiger partial charge in [-0.1, -0.05) is 25.3 Å². The highest BCUT2D eigenvalue weighted by molar-refractivity contribution is 7.03. The van der Waals surface area contributed by atoms with Gasteiger partial charge in [0.1, 0.15) is 5.69 Å². The van der Waals surface area contributed by atoms with Crippen LogP contribution in [0.3, 0.4) is 0 Å². The number of aliphatic carboxylic acids is 1. The molecule has 0 aliphatic carbocycles. The third-order valence-corrected chi connectivity index (χ3v) is 3.19. The molecule has 108 valence electrons. The minimum Gasteiger partial charge on any atom is -0.481 e. The molecule has 2 rings (SSSR count). The Balaban J connectivity index is 2.34. The van der Waals surface area contributed by atoms with Gasteiger partial charge < -0.3 is 5.11 Å². The maximum absolute atomic E-state index is 11.1. The molecule has 2 heterocycles. The summed E-state index contributed by atoms with van der Waals surface area (Å²) in [5, 5.41) is 26.3. The summed E-state index contributed by atoms with van der Waals surface area (Å²) < 4.78 is 5.32. The molecular formula is C11H16N6O2S. The molecule has 0 bridgehead atoms. The fourth-order valence-electron chi connectivity index (χ4n) is 2.02. The van der Waals surface area contributed by atoms with E-state index in [1.807, 2.05) is 0 Å². The summed E-state index contributed by atoms with van der Waals surface area (Å²) in [6.45, 7) is 6.16. The van der Waals surface area contributed by atoms with Gasteiger partial charge in [0, 0.05) is 5.38 Å². The highest BCUT2D eigenvalue weighted by Gasteiger charge is 2.27. The van der Waals surface area contributed by atoms with Crippen LogP contribution in [0, 0.1) is 5.41 Å². The zero-order chi connectivity index (χ0) is 14.8. The van der Waals surface area contributed by atoms with Gasteiger partial charge in [-0.3, -0.25) is 4.79 Å². The summed E-state index contributed by atoms with van der Waals surface area (Å²) in [4.78, 5) is 11.1. The molecule has 1 N–H and O–H groups in total. The first-order valence-electron chi connectivity index (χ1n) is 6.14. The minimum atomic E-state index is -0.878. The van der Waals surface area contributed by atoms with Crippen LogP contribution in [-0.2, 0) is 4.79 Å². The zero-order valence-corrected chi connectivity index (χ0v) is 12.3. The topological polar surface area (TPSA) is 107 Å². The quantitative estimate of drug-likeness (QED) is 0.893. The molecule has 2 aromatic rings. The minimum absolute atomic E-state index is 0.0348. The molecule has 0 saturated carbocycles. The summed E-state index contributed by atoms with van der Waals surface area (Å²) in [5.41, 5.74) is 0.522. The van der Waals surface area contributed by atoms with E-state index in [9.17, 15) is 4.79 Å². The first-order valence-corrected chi connectivity index (χ1v) is 6.97. The number of tetrazole rings is 1. The SMILES string of the molecule is CC(C)(C)CC(CC(=O)O)n1nnnc1-c1csnn1. The molecule has 0 radical (unpaired) electrons. The molecule has 0 aromatic carbocycles. The van der Waals surface area contributed by atoms with Gasteiger partial charge in [-0.2, -0.15) is 0 Å². The summed E-state index contributed by atoms with van der Waals surface area (Å²) >= 11 is 1.20. The van der Waals surface area contributed by atoms with Crippen molar-refractivity contribution < 1.29 is 9.90 Å². The number of carbonyl (C=O) groups is 1. The second kappa shape index (κ2) is 5.61. The molecule has 8 nitrogen and oxygen atoms in total. The third-order valence-electron chi connectivity index (χ3n) is 2.69. The smallest absolute Gasteiger partial charge is 0.305 e. The Hall–Kier alpha value is -1.90. The van der Waals surface area contributed by atoms with Crippen LogP contribution in [0.25, 0.3) is 11.5 Å². The normalized spacial score (nSPS) is 13.3. The van der Waals surface area contributed by atoms with E-state index in [0.29, 0.717) is 17.9 Å². The van der Waals surface area contributed by atoms with E-state index in [-0.39, 0.29) is 17.9 Å². The number of carboxylic acids is 1. The summed E-state index contributed by atoms with van der Waals surface area (Å²) in [5.74, 6) is -0.425. The number of carboxylic acid groups (broad SMARTS) is 1. The Morgan fingerprint density at radius 3 is 2.75 bits per heavy atom. The monoisotopic (exact) mass is 296 g/mol. The molecule has 0 fully saturated rings. The third kappa shape index (κ3) is 3.56. The lowest BCUT2D eigenvalue weighted by Crippen LogP contribution is -2.22. The summed E-state index contributed by atoms with van der Waals surface area (Å²) in [6, 6.07) is -0.320. The van der Waals surface area contributed by atoms with Crippen molar-refractivity contribution in [1.82, 2.24) is 29.8 Å². The van der Waals surface area contributed by atoms with Gasteiger partial charge in [-0.05, 0) is 33.8 Å². The molecule has 20 heavy (non-hydrogen) atoms. The lowest BCUT2D eigenvalue weighted by Gasteiger charge is -2.25. The molecule has 0 aliphatic heterocycles. The van der Waals surface area contributed by atoms with Gasteiger partial charge in [0.05, 0.1) is 12.5 Å². The van der Waals surface area contributed by atoms with Gasteiger partial charge in [0.2, 0.25) is 5.82 Å². The molecule has 0 spiro atoms. The van der Waals surface area contributed by atoms with E-state index >= 15 is 0 Å². The van der Waals surface area contributed by atoms with Crippen molar-refractivity contribution in [2.75, 3.05) is 0 Å². The maximum atomic E-state index is 11.1. The van der Waals surface area contributed by atoms with Crippen LogP contribution < -0.4 is 0 Å². The van der Waals surface area contributed by atoms with Gasteiger partial charge in [0.25, 0.3) is 0 Å². The van der Waals surface area contributed by atoms with Crippen LogP contribution in [0.2, 0.25) is 0 Å². The summed E-state index contributed by atoms with van der Waals surface area (Å²) in [6.07, 6.45) is 0.613. The van der Waals surface area contributed by atoms with Crippen molar-refractivity contribution in [2.45, 2.75) is 39.7 Å². The predicted octanol–water partition coefficient (Wildman–Crippen LogP) is 1.64. The van der Waals surface area contributed by atoms with E-state index in [2.05, 4.69) is 45.9 Å². The first-order chi connectivity index (χ1) is 9.37. The molecule has 0 amide bonds. The number of hydrogen-bond acceptors (Lipinski definition) is 7. The van der Waals surface area contributed by atoms with E-state index in [4.69, 9.17) is 5.11 Å². The second-order valence-electron chi connectivity index (χ2n) is 5.75. The molecular weight excluding hydrogens is 280 g/mol. The standard InChI is InChI=1S/C11H16N6O2S/c1-11(2,3)5-7(4-9(18)19)17-10(13-14-15-17)8-6-20-16-12-8/h6-7H,4-5H2,1-3H3,(H,18,19). The van der Waals surface area contributed by atoms with E-state index in [1.165, 1.54) is 16.2 Å². The average molecular weight is 296 g/mol. The Bertz CT molecular complexity index is 574. The van der Waals surface area contributed by atoms with Crippen molar-refractivity contribution in [1.29, 1.82) is 0 Å². The van der Waals surface area contributed by atoms with Crippen LogP contribution in [-0.4, -0.2) is 40.9 Å². The Labute approximate surface area is 120 Å². The summed E-state index contributed by atoms with van der Waals surface area (Å²) in [7, 11) is 0. The lowest BCUT2D eigenvalue weighted by molar-refractivity contribution is -0.138. The molecule has 0 saturated heterocycles. The second-order valence-corrected chi connectivity index (χ2v) is 6.36. The van der Waals surface area contributed by atoms with Crippen molar-refractivity contribution in [3.05, 3.63) is 5.38 Å². The largest absolute Gasteiger partial charge is 0.481 e. The number of nitrogens with zero attached hydrogens (tertiary/aromatic N) is 6. The Kier molecular flexibility index (Phi) is 4.07. The number of rotatable bonds is 5. The van der Waals surface area contributed by atoms with E-state index in [0.717, 1.165) is 0 Å². The van der Waals surface area contributed by atoms with E-state index < -0.39 is 5.97 Å². The van der Waals surface area contributed by atoms with Gasteiger partial charge >= 0.3 is 5.97 Å². The van der Waals surface area contributed by atoms with Crippen LogP contribution in [0.5, 0.6) is 0 Å². The van der Waals surface area contributed by atoms with Crippen LogP contribution in [0.1, 0.15) is 39.7 Å². The van der Waals surface area contributed by atoms with E-state index in [1.54, 1.807) is 5.38 Å². The Morgan fingerprint density at radius 2 is 2.20 bits per heavy atom. The van der Waals surface area contributed by atoms with Crippen molar-refractivity contribution in [2.24, 2.45) is 5.41 Å². The molecule has 1 atom stereocenters. The molecule has 9 heteroatoms. The fourth-order valence-corrected chi connectivity index (χ4v) is 2.46. The van der Waals surface area contributed by atoms with Crippen LogP contribution in [0.15, 0.2) is 5.38 Å². The van der Waals surface area contributed by atoms with Crippen molar-refractivity contribution in [3.63, 3.8) is 0 Å². The predicted molar refractivity (Wildman–Crippen MR) is 72.1 cm³/mol. The number of aromatic nitrogens is 6. The Morgan fingerprint density at radius 1 is 1.45 bits per heavy atom. The van der Waals surface area contributed by atoms with Gasteiger partial charge in [0.15, 0.2) is 0 Å². The highest BCUT2D eigenvalue weighted by Crippen LogP contribution is 2.31. The fraction of sp³-hybridized carbons (Fsp3) is 0.636. The first kappa shape index (κ1) is 14.5. The average Bonchev–Trinajstić information content (AvgIpc) is 2.96.